The SMILES string of the molecule is CCC(C)/C(=C\NN)C1(NC(=O)C(=C2CCC2)c2c(C(C)CC)c(C(=O)Nc3ccc(F)c(C(F)F)c3)c3n2CCC3)CC1. The molecule has 0 bridgehead atoms. The first kappa shape index (κ1) is 31.9. The van der Waals surface area contributed by atoms with Gasteiger partial charge in [0.15, 0.2) is 0 Å². The lowest BCUT2D eigenvalue weighted by Gasteiger charge is -2.29. The van der Waals surface area contributed by atoms with Gasteiger partial charge in [0.1, 0.15) is 5.82 Å². The molecule has 0 spiro atoms. The Morgan fingerprint density at radius 1 is 1.09 bits per heavy atom. The van der Waals surface area contributed by atoms with Crippen LogP contribution in [0.3, 0.4) is 0 Å². The normalized spacial score (nSPS) is 18.4. The fraction of sp³-hybridized carbons (Fsp3) is 0.529. The molecule has 44 heavy (non-hydrogen) atoms. The molecule has 0 saturated heterocycles. The van der Waals surface area contributed by atoms with E-state index < -0.39 is 29.3 Å². The Labute approximate surface area is 257 Å². The lowest BCUT2D eigenvalue weighted by Crippen LogP contribution is -2.42. The van der Waals surface area contributed by atoms with E-state index in [0.717, 1.165) is 91.6 Å². The van der Waals surface area contributed by atoms with Gasteiger partial charge in [-0.3, -0.25) is 15.4 Å². The summed E-state index contributed by atoms with van der Waals surface area (Å²) in [6.07, 6.45) is 6.25. The molecule has 2 aromatic rings. The van der Waals surface area contributed by atoms with Crippen molar-refractivity contribution in [3.05, 3.63) is 69.4 Å². The molecule has 3 aliphatic rings. The average molecular weight is 612 g/mol. The van der Waals surface area contributed by atoms with Crippen LogP contribution in [0.25, 0.3) is 5.57 Å². The summed E-state index contributed by atoms with van der Waals surface area (Å²) in [6.45, 7) is 9.03. The molecule has 1 aromatic carbocycles. The average Bonchev–Trinajstić information content (AvgIpc) is 3.45. The number of hydrogen-bond acceptors (Lipinski definition) is 4. The molecule has 10 heteroatoms. The number of carbonyl (C=O) groups is 2. The zero-order valence-corrected chi connectivity index (χ0v) is 26.1. The largest absolute Gasteiger partial charge is 0.343 e. The maximum absolute atomic E-state index is 14.5. The molecule has 1 aliphatic heterocycles. The number of nitrogens with zero attached hydrogens (tertiary/aromatic N) is 1. The minimum absolute atomic E-state index is 0.0518. The number of halogens is 3. The molecule has 5 rings (SSSR count). The molecule has 5 N–H and O–H groups in total. The number of hydrogen-bond donors (Lipinski definition) is 4. The lowest BCUT2D eigenvalue weighted by atomic mass is 9.82. The molecule has 238 valence electrons. The van der Waals surface area contributed by atoms with Crippen molar-refractivity contribution >= 4 is 23.1 Å². The monoisotopic (exact) mass is 611 g/mol. The van der Waals surface area contributed by atoms with Crippen LogP contribution in [0.2, 0.25) is 0 Å². The van der Waals surface area contributed by atoms with Gasteiger partial charge in [-0.1, -0.05) is 33.3 Å². The molecule has 2 aliphatic carbocycles. The summed E-state index contributed by atoms with van der Waals surface area (Å²) in [5.41, 5.74) is 7.36. The number of carbonyl (C=O) groups excluding carboxylic acids is 2. The second-order valence-electron chi connectivity index (χ2n) is 12.6. The standard InChI is InChI=1S/C34H44F3N5O2/c1-5-19(3)24(18-39-38)34(14-15-34)41-33(44)28(21-9-7-10-21)30-27(20(4)6-2)29(26-11-8-16-42(26)30)32(43)40-22-12-13-25(35)23(17-22)31(36)37/h12-13,17-20,31,39H,5-11,14-16,38H2,1-4H3,(H,40,43)(H,41,44)/b24-18+. The highest BCUT2D eigenvalue weighted by atomic mass is 19.3. The van der Waals surface area contributed by atoms with Crippen LogP contribution in [0.4, 0.5) is 18.9 Å². The number of anilines is 1. The smallest absolute Gasteiger partial charge is 0.266 e. The summed E-state index contributed by atoms with van der Waals surface area (Å²) >= 11 is 0. The first-order valence-corrected chi connectivity index (χ1v) is 15.9. The van der Waals surface area contributed by atoms with Gasteiger partial charge in [-0.15, -0.1) is 0 Å². The van der Waals surface area contributed by atoms with E-state index in [4.69, 9.17) is 5.84 Å². The summed E-state index contributed by atoms with van der Waals surface area (Å²) in [5.74, 6) is 4.30. The van der Waals surface area contributed by atoms with Crippen LogP contribution in [-0.4, -0.2) is 21.9 Å². The van der Waals surface area contributed by atoms with E-state index in [2.05, 4.69) is 41.4 Å². The third kappa shape index (κ3) is 5.80. The van der Waals surface area contributed by atoms with E-state index in [-0.39, 0.29) is 23.4 Å². The number of amides is 2. The molecular weight excluding hydrogens is 567 g/mol. The minimum atomic E-state index is -3.01. The predicted octanol–water partition coefficient (Wildman–Crippen LogP) is 7.26. The summed E-state index contributed by atoms with van der Waals surface area (Å²) in [6, 6.07) is 3.23. The topological polar surface area (TPSA) is 101 Å². The van der Waals surface area contributed by atoms with E-state index in [1.165, 1.54) is 6.07 Å². The van der Waals surface area contributed by atoms with Crippen molar-refractivity contribution in [3.8, 4) is 0 Å². The van der Waals surface area contributed by atoms with Crippen LogP contribution >= 0.6 is 0 Å². The van der Waals surface area contributed by atoms with Gasteiger partial charge in [-0.25, -0.2) is 13.2 Å². The van der Waals surface area contributed by atoms with Gasteiger partial charge in [0.05, 0.1) is 27.9 Å². The number of fused-ring (bicyclic) bond motifs is 1. The Bertz CT molecular complexity index is 1500. The van der Waals surface area contributed by atoms with Crippen molar-refractivity contribution < 1.29 is 22.8 Å². The maximum atomic E-state index is 14.5. The molecule has 2 atom stereocenters. The summed E-state index contributed by atoms with van der Waals surface area (Å²) in [5, 5.41) is 6.18. The zero-order chi connectivity index (χ0) is 31.8. The number of alkyl halides is 2. The van der Waals surface area contributed by atoms with Crippen molar-refractivity contribution in [2.75, 3.05) is 5.32 Å². The number of aromatic nitrogens is 1. The quantitative estimate of drug-likeness (QED) is 0.115. The van der Waals surface area contributed by atoms with Crippen LogP contribution in [0.15, 0.2) is 35.5 Å². The Morgan fingerprint density at radius 3 is 2.39 bits per heavy atom. The Balaban J connectivity index is 1.59. The number of allylic oxidation sites excluding steroid dienone is 1. The highest BCUT2D eigenvalue weighted by molar-refractivity contribution is 6.22. The Hall–Kier alpha value is -3.53. The van der Waals surface area contributed by atoms with Gasteiger partial charge in [-0.2, -0.15) is 0 Å². The van der Waals surface area contributed by atoms with Gasteiger partial charge < -0.3 is 20.6 Å². The van der Waals surface area contributed by atoms with Crippen molar-refractivity contribution in [1.29, 1.82) is 0 Å². The molecule has 2 heterocycles. The second-order valence-corrected chi connectivity index (χ2v) is 12.6. The first-order valence-electron chi connectivity index (χ1n) is 15.9. The number of hydrazine groups is 1. The van der Waals surface area contributed by atoms with Gasteiger partial charge in [0.25, 0.3) is 18.2 Å². The summed E-state index contributed by atoms with van der Waals surface area (Å²) in [7, 11) is 0. The van der Waals surface area contributed by atoms with Crippen LogP contribution in [0.5, 0.6) is 0 Å². The van der Waals surface area contributed by atoms with Crippen molar-refractivity contribution in [2.24, 2.45) is 11.8 Å². The highest BCUT2D eigenvalue weighted by Crippen LogP contribution is 2.48. The number of nitrogens with one attached hydrogen (secondary N) is 3. The predicted molar refractivity (Wildman–Crippen MR) is 167 cm³/mol. The fourth-order valence-electron chi connectivity index (χ4n) is 6.78. The van der Waals surface area contributed by atoms with Gasteiger partial charge in [-0.05, 0) is 99.0 Å². The van der Waals surface area contributed by atoms with Gasteiger partial charge in [0, 0.05) is 24.1 Å². The molecule has 7 nitrogen and oxygen atoms in total. The molecular formula is C34H44F3N5O2. The third-order valence-corrected chi connectivity index (χ3v) is 9.84. The summed E-state index contributed by atoms with van der Waals surface area (Å²) < 4.78 is 43.0. The van der Waals surface area contributed by atoms with E-state index in [0.29, 0.717) is 24.1 Å². The van der Waals surface area contributed by atoms with E-state index >= 15 is 0 Å². The Kier molecular flexibility index (Phi) is 9.30. The number of rotatable bonds is 12. The molecule has 0 radical (unpaired) electrons. The molecule has 2 unspecified atom stereocenters. The minimum Gasteiger partial charge on any atom is -0.343 e. The highest BCUT2D eigenvalue weighted by Gasteiger charge is 2.49. The van der Waals surface area contributed by atoms with E-state index in [9.17, 15) is 22.8 Å². The summed E-state index contributed by atoms with van der Waals surface area (Å²) in [4.78, 5) is 28.5. The van der Waals surface area contributed by atoms with Crippen molar-refractivity contribution in [1.82, 2.24) is 15.3 Å². The van der Waals surface area contributed by atoms with Crippen LogP contribution < -0.4 is 21.9 Å². The molecule has 2 saturated carbocycles. The lowest BCUT2D eigenvalue weighted by molar-refractivity contribution is -0.116. The first-order chi connectivity index (χ1) is 21.1. The van der Waals surface area contributed by atoms with E-state index in [1.54, 1.807) is 0 Å². The zero-order valence-electron chi connectivity index (χ0n) is 26.1. The van der Waals surface area contributed by atoms with Crippen molar-refractivity contribution in [3.63, 3.8) is 0 Å². The van der Waals surface area contributed by atoms with Crippen LogP contribution in [0.1, 0.15) is 124 Å². The van der Waals surface area contributed by atoms with Crippen LogP contribution in [0, 0.1) is 11.7 Å². The fourth-order valence-corrected chi connectivity index (χ4v) is 6.78. The maximum Gasteiger partial charge on any atom is 0.266 e. The second kappa shape index (κ2) is 12.8. The molecule has 2 amide bonds. The number of benzene rings is 1. The molecule has 2 fully saturated rings. The molecule has 1 aromatic heterocycles. The Morgan fingerprint density at radius 2 is 1.82 bits per heavy atom. The number of nitrogens with two attached hydrogens (primary N) is 1. The van der Waals surface area contributed by atoms with E-state index in [1.807, 2.05) is 13.1 Å². The van der Waals surface area contributed by atoms with Gasteiger partial charge in [0.2, 0.25) is 0 Å². The van der Waals surface area contributed by atoms with Gasteiger partial charge >= 0.3 is 0 Å². The van der Waals surface area contributed by atoms with Crippen LogP contribution in [-0.2, 0) is 17.8 Å². The van der Waals surface area contributed by atoms with Crippen molar-refractivity contribution in [2.45, 2.75) is 110 Å². The third-order valence-electron chi connectivity index (χ3n) is 9.84.